The van der Waals surface area contributed by atoms with Gasteiger partial charge in [0.15, 0.2) is 0 Å². The molecule has 0 radical (unpaired) electrons. The van der Waals surface area contributed by atoms with Gasteiger partial charge in [0, 0.05) is 31.0 Å². The van der Waals surface area contributed by atoms with Gasteiger partial charge in [0.25, 0.3) is 0 Å². The maximum Gasteiger partial charge on any atom is 0.320 e. The summed E-state index contributed by atoms with van der Waals surface area (Å²) in [5, 5.41) is 10.0. The van der Waals surface area contributed by atoms with Crippen molar-refractivity contribution < 1.29 is 4.79 Å². The van der Waals surface area contributed by atoms with Crippen LogP contribution < -0.4 is 10.6 Å². The number of benzene rings is 1. The van der Waals surface area contributed by atoms with E-state index in [2.05, 4.69) is 20.7 Å². The topological polar surface area (TPSA) is 76.8 Å². The molecule has 7 nitrogen and oxygen atoms in total. The van der Waals surface area contributed by atoms with Crippen LogP contribution in [0.15, 0.2) is 61.3 Å². The fraction of sp³-hybridized carbons (Fsp3) is 0.235. The number of urea groups is 1. The highest BCUT2D eigenvalue weighted by atomic mass is 16.2. The number of rotatable bonds is 6. The Kier molecular flexibility index (Phi) is 4.90. The van der Waals surface area contributed by atoms with E-state index in [1.54, 1.807) is 29.5 Å². The molecule has 0 unspecified atom stereocenters. The van der Waals surface area contributed by atoms with Crippen LogP contribution in [-0.2, 0) is 13.1 Å². The number of imidazole rings is 1. The van der Waals surface area contributed by atoms with Gasteiger partial charge in [0.2, 0.25) is 0 Å². The molecule has 0 saturated carbocycles. The van der Waals surface area contributed by atoms with Crippen LogP contribution in [0, 0.1) is 0 Å². The normalized spacial score (nSPS) is 11.9. The van der Waals surface area contributed by atoms with E-state index in [0.717, 1.165) is 5.56 Å². The summed E-state index contributed by atoms with van der Waals surface area (Å²) in [6.07, 6.45) is 6.98. The summed E-state index contributed by atoms with van der Waals surface area (Å²) in [5.41, 5.74) is 1.12. The van der Waals surface area contributed by atoms with Gasteiger partial charge in [-0.25, -0.2) is 14.5 Å². The van der Waals surface area contributed by atoms with Crippen molar-refractivity contribution in [2.24, 2.45) is 0 Å². The van der Waals surface area contributed by atoms with Gasteiger partial charge >= 0.3 is 6.03 Å². The zero-order valence-electron chi connectivity index (χ0n) is 13.5. The first-order valence-corrected chi connectivity index (χ1v) is 7.80. The van der Waals surface area contributed by atoms with Crippen LogP contribution >= 0.6 is 0 Å². The molecule has 2 heterocycles. The van der Waals surface area contributed by atoms with Gasteiger partial charge in [-0.3, -0.25) is 5.32 Å². The second-order valence-corrected chi connectivity index (χ2v) is 5.62. The third-order valence-corrected chi connectivity index (χ3v) is 3.55. The van der Waals surface area contributed by atoms with E-state index in [1.807, 2.05) is 48.0 Å². The van der Waals surface area contributed by atoms with Crippen LogP contribution in [0.1, 0.15) is 12.5 Å². The molecule has 2 aromatic heterocycles. The number of aromatic nitrogens is 4. The molecule has 0 aliphatic heterocycles. The van der Waals surface area contributed by atoms with Gasteiger partial charge in [0.05, 0.1) is 19.1 Å². The molecule has 1 atom stereocenters. The molecule has 24 heavy (non-hydrogen) atoms. The van der Waals surface area contributed by atoms with E-state index < -0.39 is 0 Å². The first kappa shape index (κ1) is 15.8. The van der Waals surface area contributed by atoms with Crippen molar-refractivity contribution in [1.29, 1.82) is 0 Å². The number of hydrogen-bond donors (Lipinski definition) is 2. The van der Waals surface area contributed by atoms with Crippen molar-refractivity contribution in [3.63, 3.8) is 0 Å². The van der Waals surface area contributed by atoms with Gasteiger partial charge in [0.1, 0.15) is 5.82 Å². The molecular weight excluding hydrogens is 304 g/mol. The fourth-order valence-electron chi connectivity index (χ4n) is 2.45. The molecule has 2 N–H and O–H groups in total. The summed E-state index contributed by atoms with van der Waals surface area (Å²) in [4.78, 5) is 16.2. The fourth-order valence-corrected chi connectivity index (χ4v) is 2.45. The molecule has 0 bridgehead atoms. The Morgan fingerprint density at radius 3 is 2.79 bits per heavy atom. The molecule has 0 saturated heterocycles. The van der Waals surface area contributed by atoms with Crippen LogP contribution in [0.5, 0.6) is 0 Å². The Balaban J connectivity index is 1.56. The van der Waals surface area contributed by atoms with E-state index in [4.69, 9.17) is 0 Å². The number of nitrogens with one attached hydrogen (secondary N) is 2. The minimum Gasteiger partial charge on any atom is -0.335 e. The standard InChI is InChI=1S/C17H20N6O/c1-14(11-22-10-9-18-13-22)20-17(24)21-16-7-8-19-23(16)12-15-5-3-2-4-6-15/h2-10,13-14H,11-12H2,1H3,(H2,20,21,24)/t14-/m1/s1. The largest absolute Gasteiger partial charge is 0.335 e. The van der Waals surface area contributed by atoms with Crippen molar-refractivity contribution in [3.05, 3.63) is 66.9 Å². The van der Waals surface area contributed by atoms with Crippen LogP contribution in [0.2, 0.25) is 0 Å². The molecule has 2 amide bonds. The Labute approximate surface area is 140 Å². The molecule has 0 aliphatic rings. The Hall–Kier alpha value is -3.09. The lowest BCUT2D eigenvalue weighted by molar-refractivity contribution is 0.248. The van der Waals surface area contributed by atoms with Crippen LogP contribution in [-0.4, -0.2) is 31.4 Å². The highest BCUT2D eigenvalue weighted by molar-refractivity contribution is 5.88. The third-order valence-electron chi connectivity index (χ3n) is 3.55. The first-order chi connectivity index (χ1) is 11.7. The Morgan fingerprint density at radius 1 is 1.21 bits per heavy atom. The molecule has 0 fully saturated rings. The zero-order valence-corrected chi connectivity index (χ0v) is 13.5. The second kappa shape index (κ2) is 7.45. The van der Waals surface area contributed by atoms with E-state index >= 15 is 0 Å². The van der Waals surface area contributed by atoms with Crippen LogP contribution in [0.3, 0.4) is 0 Å². The first-order valence-electron chi connectivity index (χ1n) is 7.80. The minimum absolute atomic E-state index is 0.0234. The number of amides is 2. The van der Waals surface area contributed by atoms with Crippen LogP contribution in [0.4, 0.5) is 10.6 Å². The van der Waals surface area contributed by atoms with Crippen molar-refractivity contribution in [3.8, 4) is 0 Å². The Morgan fingerprint density at radius 2 is 2.04 bits per heavy atom. The summed E-state index contributed by atoms with van der Waals surface area (Å²) < 4.78 is 3.68. The minimum atomic E-state index is -0.252. The SMILES string of the molecule is C[C@H](Cn1ccnc1)NC(=O)Nc1ccnn1Cc1ccccc1. The van der Waals surface area contributed by atoms with Gasteiger partial charge < -0.3 is 9.88 Å². The smallest absolute Gasteiger partial charge is 0.320 e. The van der Waals surface area contributed by atoms with Crippen molar-refractivity contribution >= 4 is 11.8 Å². The average Bonchev–Trinajstić information content (AvgIpc) is 3.21. The average molecular weight is 324 g/mol. The zero-order chi connectivity index (χ0) is 16.8. The van der Waals surface area contributed by atoms with Crippen molar-refractivity contribution in [1.82, 2.24) is 24.6 Å². The van der Waals surface area contributed by atoms with Gasteiger partial charge in [-0.05, 0) is 12.5 Å². The molecule has 3 aromatic rings. The monoisotopic (exact) mass is 324 g/mol. The van der Waals surface area contributed by atoms with E-state index in [-0.39, 0.29) is 12.1 Å². The molecule has 124 valence electrons. The van der Waals surface area contributed by atoms with E-state index in [0.29, 0.717) is 18.9 Å². The number of nitrogens with zero attached hydrogens (tertiary/aromatic N) is 4. The van der Waals surface area contributed by atoms with Crippen molar-refractivity contribution in [2.45, 2.75) is 26.1 Å². The molecule has 1 aromatic carbocycles. The highest BCUT2D eigenvalue weighted by Crippen LogP contribution is 2.10. The summed E-state index contributed by atoms with van der Waals surface area (Å²) >= 11 is 0. The summed E-state index contributed by atoms with van der Waals surface area (Å²) in [7, 11) is 0. The molecule has 0 spiro atoms. The number of carbonyl (C=O) groups is 1. The predicted octanol–water partition coefficient (Wildman–Crippen LogP) is 2.34. The van der Waals surface area contributed by atoms with Crippen molar-refractivity contribution in [2.75, 3.05) is 5.32 Å². The summed E-state index contributed by atoms with van der Waals surface area (Å²) in [6, 6.07) is 11.5. The molecule has 7 heteroatoms. The van der Waals surface area contributed by atoms with E-state index in [9.17, 15) is 4.79 Å². The predicted molar refractivity (Wildman–Crippen MR) is 91.6 cm³/mol. The van der Waals surface area contributed by atoms with E-state index in [1.165, 1.54) is 0 Å². The number of hydrogen-bond acceptors (Lipinski definition) is 3. The Bertz CT molecular complexity index is 766. The summed E-state index contributed by atoms with van der Waals surface area (Å²) in [5.74, 6) is 0.659. The highest BCUT2D eigenvalue weighted by Gasteiger charge is 2.10. The quantitative estimate of drug-likeness (QED) is 0.730. The van der Waals surface area contributed by atoms with Gasteiger partial charge in [-0.15, -0.1) is 0 Å². The van der Waals surface area contributed by atoms with Crippen LogP contribution in [0.25, 0.3) is 0 Å². The lowest BCUT2D eigenvalue weighted by Crippen LogP contribution is -2.38. The van der Waals surface area contributed by atoms with Gasteiger partial charge in [-0.1, -0.05) is 30.3 Å². The van der Waals surface area contributed by atoms with Gasteiger partial charge in [-0.2, -0.15) is 5.10 Å². The maximum absolute atomic E-state index is 12.2. The molecule has 3 rings (SSSR count). The lowest BCUT2D eigenvalue weighted by atomic mass is 10.2. The third kappa shape index (κ3) is 4.22. The lowest BCUT2D eigenvalue weighted by Gasteiger charge is -2.15. The molecule has 0 aliphatic carbocycles. The number of anilines is 1. The number of carbonyl (C=O) groups excluding carboxylic acids is 1. The summed E-state index contributed by atoms with van der Waals surface area (Å²) in [6.45, 7) is 3.21. The molecular formula is C17H20N6O. The maximum atomic E-state index is 12.2. The second-order valence-electron chi connectivity index (χ2n) is 5.62.